The Morgan fingerprint density at radius 2 is 1.72 bits per heavy atom. The van der Waals surface area contributed by atoms with Gasteiger partial charge in [0, 0.05) is 27.3 Å². The molecule has 0 saturated heterocycles. The molecule has 2 N–H and O–H groups in total. The second kappa shape index (κ2) is 9.43. The number of fused-ring (bicyclic) bond motifs is 1. The first-order valence-corrected chi connectivity index (χ1v) is 11.8. The van der Waals surface area contributed by atoms with Gasteiger partial charge in [-0.15, -0.1) is 11.3 Å². The molecule has 0 aliphatic heterocycles. The van der Waals surface area contributed by atoms with E-state index >= 15 is 0 Å². The molecule has 180 valence electrons. The fourth-order valence-corrected chi connectivity index (χ4v) is 4.57. The van der Waals surface area contributed by atoms with Crippen molar-refractivity contribution in [2.75, 3.05) is 5.32 Å². The maximum absolute atomic E-state index is 13.3. The van der Waals surface area contributed by atoms with E-state index in [1.165, 1.54) is 41.7 Å². The van der Waals surface area contributed by atoms with E-state index in [4.69, 9.17) is 0 Å². The minimum atomic E-state index is -4.62. The van der Waals surface area contributed by atoms with Crippen LogP contribution in [0.25, 0.3) is 22.4 Å². The van der Waals surface area contributed by atoms with Crippen LogP contribution in [0.5, 0.6) is 0 Å². The van der Waals surface area contributed by atoms with Crippen LogP contribution in [0.2, 0.25) is 0 Å². The number of alkyl halides is 3. The number of benzene rings is 3. The second-order valence-corrected chi connectivity index (χ2v) is 9.10. The number of nitrogens with one attached hydrogen (secondary N) is 2. The monoisotopic (exact) mass is 505 g/mol. The summed E-state index contributed by atoms with van der Waals surface area (Å²) in [6, 6.07) is 20.1. The minimum Gasteiger partial charge on any atom is -0.338 e. The van der Waals surface area contributed by atoms with Gasteiger partial charge in [0.15, 0.2) is 5.78 Å². The summed E-state index contributed by atoms with van der Waals surface area (Å²) in [6.45, 7) is 0. The van der Waals surface area contributed by atoms with Gasteiger partial charge in [-0.3, -0.25) is 9.59 Å². The van der Waals surface area contributed by atoms with E-state index in [-0.39, 0.29) is 11.5 Å². The molecule has 0 atom stereocenters. The first kappa shape index (κ1) is 23.5. The molecular weight excluding hydrogens is 487 g/mol. The molecule has 2 heterocycles. The molecule has 0 bridgehead atoms. The van der Waals surface area contributed by atoms with Gasteiger partial charge in [0.25, 0.3) is 0 Å². The van der Waals surface area contributed by atoms with E-state index in [1.54, 1.807) is 30.3 Å². The van der Waals surface area contributed by atoms with Gasteiger partial charge in [0.1, 0.15) is 5.82 Å². The molecule has 0 saturated carbocycles. The zero-order valence-electron chi connectivity index (χ0n) is 18.6. The van der Waals surface area contributed by atoms with Crippen molar-refractivity contribution in [3.63, 3.8) is 0 Å². The van der Waals surface area contributed by atoms with E-state index in [2.05, 4.69) is 15.3 Å². The maximum atomic E-state index is 13.3. The quantitative estimate of drug-likeness (QED) is 0.252. The number of aromatic amines is 1. The van der Waals surface area contributed by atoms with Crippen molar-refractivity contribution in [3.8, 4) is 11.4 Å². The van der Waals surface area contributed by atoms with Crippen LogP contribution < -0.4 is 5.32 Å². The summed E-state index contributed by atoms with van der Waals surface area (Å²) in [6.07, 6.45) is -4.33. The molecule has 0 aliphatic carbocycles. The Kier molecular flexibility index (Phi) is 6.15. The third kappa shape index (κ3) is 4.92. The van der Waals surface area contributed by atoms with Crippen molar-refractivity contribution in [2.45, 2.75) is 12.6 Å². The van der Waals surface area contributed by atoms with Crippen LogP contribution in [0, 0.1) is 0 Å². The third-order valence-corrected chi connectivity index (χ3v) is 6.45. The van der Waals surface area contributed by atoms with Crippen LogP contribution in [0.4, 0.5) is 18.9 Å². The van der Waals surface area contributed by atoms with Crippen LogP contribution in [-0.4, -0.2) is 21.7 Å². The van der Waals surface area contributed by atoms with Crippen LogP contribution in [0.3, 0.4) is 0 Å². The number of carbonyl (C=O) groups is 2. The summed E-state index contributed by atoms with van der Waals surface area (Å²) in [5.41, 5.74) is 1.46. The highest BCUT2D eigenvalue weighted by atomic mass is 32.1. The maximum Gasteiger partial charge on any atom is 0.417 e. The molecule has 0 spiro atoms. The van der Waals surface area contributed by atoms with Gasteiger partial charge in [0.05, 0.1) is 23.0 Å². The highest BCUT2D eigenvalue weighted by Gasteiger charge is 2.35. The Bertz CT molecular complexity index is 1560. The Hall–Kier alpha value is -4.24. The number of H-pyrrole nitrogens is 1. The molecular formula is C27H18F3N3O2S. The molecule has 0 unspecified atom stereocenters. The Morgan fingerprint density at radius 3 is 2.44 bits per heavy atom. The third-order valence-electron chi connectivity index (χ3n) is 5.58. The summed E-state index contributed by atoms with van der Waals surface area (Å²) in [5, 5.41) is 4.80. The summed E-state index contributed by atoms with van der Waals surface area (Å²) >= 11 is 1.52. The van der Waals surface area contributed by atoms with Gasteiger partial charge >= 0.3 is 6.18 Å². The zero-order chi connectivity index (χ0) is 25.3. The highest BCUT2D eigenvalue weighted by molar-refractivity contribution is 7.10. The van der Waals surface area contributed by atoms with E-state index in [9.17, 15) is 22.8 Å². The minimum absolute atomic E-state index is 0.121. The average molecular weight is 506 g/mol. The first-order chi connectivity index (χ1) is 17.3. The molecule has 0 aliphatic rings. The van der Waals surface area contributed by atoms with E-state index in [0.717, 1.165) is 10.9 Å². The molecule has 3 aromatic carbocycles. The number of carbonyl (C=O) groups excluding carboxylic acids is 2. The number of hydrogen-bond donors (Lipinski definition) is 2. The lowest BCUT2D eigenvalue weighted by Crippen LogP contribution is -2.13. The number of imidazole rings is 1. The largest absolute Gasteiger partial charge is 0.417 e. The van der Waals surface area contributed by atoms with Crippen LogP contribution in [0.15, 0.2) is 84.2 Å². The molecule has 1 amide bonds. The number of aromatic nitrogens is 2. The summed E-state index contributed by atoms with van der Waals surface area (Å²) < 4.78 is 39.9. The van der Waals surface area contributed by atoms with Gasteiger partial charge in [-0.25, -0.2) is 4.98 Å². The van der Waals surface area contributed by atoms with Gasteiger partial charge in [-0.05, 0) is 35.7 Å². The molecule has 5 rings (SSSR count). The fourth-order valence-electron chi connectivity index (χ4n) is 3.86. The van der Waals surface area contributed by atoms with Crippen LogP contribution in [0.1, 0.15) is 26.4 Å². The summed E-state index contributed by atoms with van der Waals surface area (Å²) in [5.74, 6) is -0.298. The molecule has 2 aromatic heterocycles. The van der Waals surface area contributed by atoms with Crippen molar-refractivity contribution in [1.29, 1.82) is 0 Å². The SMILES string of the molecule is O=C(Cc1cccs1)Nc1ccc2nc(-c3ccc(C(=O)c4ccccc4C(F)(F)F)cc3)[nH]c2c1. The number of anilines is 1. The standard InChI is InChI=1S/C27H18F3N3O2S/c28-27(29,30)21-6-2-1-5-20(21)25(35)16-7-9-17(10-8-16)26-32-22-12-11-18(14-23(22)33-26)31-24(34)15-19-4-3-13-36-19/h1-14H,15H2,(H,31,34)(H,32,33). The normalized spacial score (nSPS) is 11.5. The Labute approximate surface area is 207 Å². The van der Waals surface area contributed by atoms with Crippen molar-refractivity contribution in [1.82, 2.24) is 9.97 Å². The van der Waals surface area contributed by atoms with Gasteiger partial charge in [0.2, 0.25) is 5.91 Å². The number of hydrogen-bond acceptors (Lipinski definition) is 4. The van der Waals surface area contributed by atoms with Gasteiger partial charge < -0.3 is 10.3 Å². The van der Waals surface area contributed by atoms with Crippen LogP contribution in [-0.2, 0) is 17.4 Å². The van der Waals surface area contributed by atoms with Crippen molar-refractivity contribution >= 4 is 39.7 Å². The topological polar surface area (TPSA) is 74.8 Å². The summed E-state index contributed by atoms with van der Waals surface area (Å²) in [4.78, 5) is 33.8. The van der Waals surface area contributed by atoms with E-state index in [1.807, 2.05) is 17.5 Å². The van der Waals surface area contributed by atoms with Crippen molar-refractivity contribution in [3.05, 3.63) is 106 Å². The number of rotatable bonds is 6. The zero-order valence-corrected chi connectivity index (χ0v) is 19.4. The molecule has 5 nitrogen and oxygen atoms in total. The lowest BCUT2D eigenvalue weighted by molar-refractivity contribution is -0.137. The highest BCUT2D eigenvalue weighted by Crippen LogP contribution is 2.33. The number of nitrogens with zero attached hydrogens (tertiary/aromatic N) is 1. The molecule has 0 radical (unpaired) electrons. The molecule has 5 aromatic rings. The van der Waals surface area contributed by atoms with Crippen molar-refractivity contribution in [2.24, 2.45) is 0 Å². The molecule has 36 heavy (non-hydrogen) atoms. The smallest absolute Gasteiger partial charge is 0.338 e. The lowest BCUT2D eigenvalue weighted by Gasteiger charge is -2.11. The predicted molar refractivity (Wildman–Crippen MR) is 133 cm³/mol. The fraction of sp³-hybridized carbons (Fsp3) is 0.0741. The number of thiophene rings is 1. The first-order valence-electron chi connectivity index (χ1n) is 10.9. The predicted octanol–water partition coefficient (Wildman–Crippen LogP) is 6.72. The van der Waals surface area contributed by atoms with Gasteiger partial charge in [-0.1, -0.05) is 48.5 Å². The lowest BCUT2D eigenvalue weighted by atomic mass is 9.97. The second-order valence-electron chi connectivity index (χ2n) is 8.07. The summed E-state index contributed by atoms with van der Waals surface area (Å²) in [7, 11) is 0. The van der Waals surface area contributed by atoms with Crippen LogP contribution >= 0.6 is 11.3 Å². The van der Waals surface area contributed by atoms with E-state index < -0.39 is 23.1 Å². The molecule has 0 fully saturated rings. The Morgan fingerprint density at radius 1 is 0.944 bits per heavy atom. The number of amides is 1. The molecule has 9 heteroatoms. The van der Waals surface area contributed by atoms with E-state index in [0.29, 0.717) is 34.5 Å². The van der Waals surface area contributed by atoms with Crippen molar-refractivity contribution < 1.29 is 22.8 Å². The van der Waals surface area contributed by atoms with Gasteiger partial charge in [-0.2, -0.15) is 13.2 Å². The number of ketones is 1. The number of halogens is 3. The average Bonchev–Trinajstić information content (AvgIpc) is 3.52. The Balaban J connectivity index is 1.35.